The van der Waals surface area contributed by atoms with Gasteiger partial charge < -0.3 is 5.32 Å². The Hall–Kier alpha value is -0.720. The highest BCUT2D eigenvalue weighted by atomic mass is 35.5. The number of allylic oxidation sites excluding steroid dienone is 1. The van der Waals surface area contributed by atoms with E-state index >= 15 is 0 Å². The molecule has 1 N–H and O–H groups in total. The predicted octanol–water partition coefficient (Wildman–Crippen LogP) is 1.68. The van der Waals surface area contributed by atoms with E-state index in [1.165, 1.54) is 0 Å². The molecule has 0 bridgehead atoms. The van der Waals surface area contributed by atoms with Crippen LogP contribution in [0.1, 0.15) is 13.3 Å². The molecule has 0 aliphatic carbocycles. The molecule has 0 fully saturated rings. The molecule has 60 valence electrons. The average Bonchev–Trinajstić information content (AvgIpc) is 1.99. The maximum Gasteiger partial charge on any atom is 0.224 e. The Morgan fingerprint density at radius 3 is 2.45 bits per heavy atom. The normalized spacial score (nSPS) is 8.18. The first-order chi connectivity index (χ1) is 5.11. The highest BCUT2D eigenvalue weighted by Gasteiger charge is 2.04. The molecule has 0 radical (unpaired) electrons. The number of nitrogens with one attached hydrogen (secondary N) is 1. The average molecular weight is 193 g/mol. The summed E-state index contributed by atoms with van der Waals surface area (Å²) in [5.74, 6) is -0.291. The summed E-state index contributed by atoms with van der Waals surface area (Å²) in [6, 6.07) is 1.65. The molecule has 0 spiro atoms. The van der Waals surface area contributed by atoms with Crippen molar-refractivity contribution in [1.82, 2.24) is 5.32 Å². The van der Waals surface area contributed by atoms with Crippen LogP contribution < -0.4 is 5.32 Å². The molecule has 0 saturated carbocycles. The zero-order chi connectivity index (χ0) is 8.85. The Kier molecular flexibility index (Phi) is 4.67. The first kappa shape index (κ1) is 10.3. The Balaban J connectivity index is 4.26. The van der Waals surface area contributed by atoms with Crippen molar-refractivity contribution in [3.05, 3.63) is 10.2 Å². The van der Waals surface area contributed by atoms with Crippen molar-refractivity contribution >= 4 is 29.1 Å². The fraction of sp³-hybridized carbons (Fsp3) is 0.333. The van der Waals surface area contributed by atoms with Gasteiger partial charge in [-0.15, -0.1) is 0 Å². The maximum absolute atomic E-state index is 10.7. The van der Waals surface area contributed by atoms with E-state index in [-0.39, 0.29) is 22.5 Å². The van der Waals surface area contributed by atoms with Crippen molar-refractivity contribution in [1.29, 1.82) is 5.26 Å². The van der Waals surface area contributed by atoms with Gasteiger partial charge in [-0.3, -0.25) is 4.79 Å². The van der Waals surface area contributed by atoms with Crippen molar-refractivity contribution in [2.24, 2.45) is 0 Å². The Morgan fingerprint density at radius 2 is 2.18 bits per heavy atom. The van der Waals surface area contributed by atoms with Gasteiger partial charge in [0.2, 0.25) is 5.91 Å². The van der Waals surface area contributed by atoms with E-state index in [9.17, 15) is 4.79 Å². The van der Waals surface area contributed by atoms with Crippen LogP contribution in [0.15, 0.2) is 10.2 Å². The molecule has 0 heterocycles. The topological polar surface area (TPSA) is 52.9 Å². The Labute approximate surface area is 74.6 Å². The van der Waals surface area contributed by atoms with E-state index < -0.39 is 0 Å². The first-order valence-electron chi connectivity index (χ1n) is 2.87. The van der Waals surface area contributed by atoms with Crippen molar-refractivity contribution in [2.75, 3.05) is 0 Å². The predicted molar refractivity (Wildman–Crippen MR) is 42.8 cm³/mol. The number of nitriles is 1. The number of nitrogens with zero attached hydrogens (tertiary/aromatic N) is 1. The summed E-state index contributed by atoms with van der Waals surface area (Å²) in [4.78, 5) is 10.7. The molecule has 0 aliphatic heterocycles. The number of amides is 1. The molecule has 3 nitrogen and oxygen atoms in total. The minimum absolute atomic E-state index is 0.111. The third kappa shape index (κ3) is 3.87. The number of hydrogen-bond donors (Lipinski definition) is 1. The summed E-state index contributed by atoms with van der Waals surface area (Å²) in [6.45, 7) is 1.66. The van der Waals surface area contributed by atoms with Gasteiger partial charge in [0.15, 0.2) is 5.70 Å². The molecule has 11 heavy (non-hydrogen) atoms. The number of halogens is 2. The molecule has 0 aromatic heterocycles. The molecule has 0 atom stereocenters. The van der Waals surface area contributed by atoms with E-state index in [0.717, 1.165) is 0 Å². The van der Waals surface area contributed by atoms with Crippen LogP contribution in [-0.2, 0) is 4.79 Å². The second-order valence-electron chi connectivity index (χ2n) is 1.65. The highest BCUT2D eigenvalue weighted by Crippen LogP contribution is 2.10. The second-order valence-corrected chi connectivity index (χ2v) is 2.60. The number of hydrogen-bond acceptors (Lipinski definition) is 2. The zero-order valence-electron chi connectivity index (χ0n) is 5.82. The molecule has 1 amide bonds. The van der Waals surface area contributed by atoms with Gasteiger partial charge in [-0.1, -0.05) is 30.1 Å². The monoisotopic (exact) mass is 192 g/mol. The SMILES string of the molecule is CCC(=O)NC(C#N)=C(Cl)Cl. The van der Waals surface area contributed by atoms with E-state index in [4.69, 9.17) is 28.5 Å². The number of carbonyl (C=O) groups is 1. The van der Waals surface area contributed by atoms with Gasteiger partial charge in [-0.25, -0.2) is 0 Å². The number of rotatable bonds is 2. The molecular weight excluding hydrogens is 187 g/mol. The summed E-state index contributed by atoms with van der Waals surface area (Å²) in [5.41, 5.74) is -0.111. The summed E-state index contributed by atoms with van der Waals surface area (Å²) in [6.07, 6.45) is 0.284. The first-order valence-corrected chi connectivity index (χ1v) is 3.62. The number of carbonyl (C=O) groups excluding carboxylic acids is 1. The van der Waals surface area contributed by atoms with E-state index in [2.05, 4.69) is 5.32 Å². The van der Waals surface area contributed by atoms with Gasteiger partial charge in [-0.2, -0.15) is 5.26 Å². The van der Waals surface area contributed by atoms with Gasteiger partial charge in [0.25, 0.3) is 0 Å². The van der Waals surface area contributed by atoms with Gasteiger partial charge in [-0.05, 0) is 0 Å². The third-order valence-electron chi connectivity index (χ3n) is 0.886. The van der Waals surface area contributed by atoms with Gasteiger partial charge in [0.05, 0.1) is 0 Å². The van der Waals surface area contributed by atoms with Crippen molar-refractivity contribution in [3.63, 3.8) is 0 Å². The van der Waals surface area contributed by atoms with Crippen LogP contribution in [-0.4, -0.2) is 5.91 Å². The van der Waals surface area contributed by atoms with Crippen molar-refractivity contribution < 1.29 is 4.79 Å². The van der Waals surface area contributed by atoms with Crippen LogP contribution in [0.2, 0.25) is 0 Å². The highest BCUT2D eigenvalue weighted by molar-refractivity contribution is 6.56. The summed E-state index contributed by atoms with van der Waals surface area (Å²) < 4.78 is -0.227. The molecule has 5 heteroatoms. The lowest BCUT2D eigenvalue weighted by Crippen LogP contribution is -2.20. The minimum Gasteiger partial charge on any atom is -0.315 e. The summed E-state index contributed by atoms with van der Waals surface area (Å²) in [7, 11) is 0. The van der Waals surface area contributed by atoms with Gasteiger partial charge in [0.1, 0.15) is 10.6 Å². The van der Waals surface area contributed by atoms with Crippen LogP contribution in [0, 0.1) is 11.3 Å². The summed E-state index contributed by atoms with van der Waals surface area (Å²) >= 11 is 10.5. The molecule has 0 aliphatic rings. The fourth-order valence-electron chi connectivity index (χ4n) is 0.345. The third-order valence-corrected chi connectivity index (χ3v) is 1.26. The standard InChI is InChI=1S/C6H6Cl2N2O/c1-2-5(11)10-4(3-9)6(7)8/h2H2,1H3,(H,10,11). The summed E-state index contributed by atoms with van der Waals surface area (Å²) in [5, 5.41) is 10.6. The van der Waals surface area contributed by atoms with Crippen molar-refractivity contribution in [2.45, 2.75) is 13.3 Å². The fourth-order valence-corrected chi connectivity index (χ4v) is 0.524. The smallest absolute Gasteiger partial charge is 0.224 e. The van der Waals surface area contributed by atoms with Gasteiger partial charge >= 0.3 is 0 Å². The van der Waals surface area contributed by atoms with Crippen LogP contribution >= 0.6 is 23.2 Å². The quantitative estimate of drug-likeness (QED) is 0.678. The van der Waals surface area contributed by atoms with E-state index in [1.54, 1.807) is 13.0 Å². The van der Waals surface area contributed by atoms with Crippen LogP contribution in [0.5, 0.6) is 0 Å². The Morgan fingerprint density at radius 1 is 1.64 bits per heavy atom. The molecule has 0 rings (SSSR count). The van der Waals surface area contributed by atoms with Crippen molar-refractivity contribution in [3.8, 4) is 6.07 Å². The Bertz CT molecular complexity index is 225. The maximum atomic E-state index is 10.7. The lowest BCUT2D eigenvalue weighted by Gasteiger charge is -1.98. The zero-order valence-corrected chi connectivity index (χ0v) is 7.33. The molecule has 0 aromatic rings. The molecule has 0 unspecified atom stereocenters. The van der Waals surface area contributed by atoms with Crippen LogP contribution in [0.3, 0.4) is 0 Å². The molecule has 0 saturated heterocycles. The minimum atomic E-state index is -0.291. The molecular formula is C6H6Cl2N2O. The largest absolute Gasteiger partial charge is 0.315 e. The van der Waals surface area contributed by atoms with Gasteiger partial charge in [0, 0.05) is 6.42 Å². The van der Waals surface area contributed by atoms with E-state index in [1.807, 2.05) is 0 Å². The van der Waals surface area contributed by atoms with E-state index in [0.29, 0.717) is 0 Å². The lowest BCUT2D eigenvalue weighted by molar-refractivity contribution is -0.119. The van der Waals surface area contributed by atoms with Crippen LogP contribution in [0.25, 0.3) is 0 Å². The molecule has 0 aromatic carbocycles. The van der Waals surface area contributed by atoms with Crippen LogP contribution in [0.4, 0.5) is 0 Å². The lowest BCUT2D eigenvalue weighted by atomic mass is 10.4. The second kappa shape index (κ2) is 5.00.